The summed E-state index contributed by atoms with van der Waals surface area (Å²) in [6.45, 7) is 4.34. The molecule has 0 saturated carbocycles. The predicted octanol–water partition coefficient (Wildman–Crippen LogP) is 9.82. The Labute approximate surface area is 272 Å². The quantitative estimate of drug-likeness (QED) is 0.175. The van der Waals surface area contributed by atoms with E-state index in [4.69, 9.17) is 24.9 Å². The van der Waals surface area contributed by atoms with Gasteiger partial charge in [-0.25, -0.2) is 19.9 Å². The summed E-state index contributed by atoms with van der Waals surface area (Å²) in [5.74, 6) is 2.03. The maximum absolute atomic E-state index is 5.26. The van der Waals surface area contributed by atoms with Crippen LogP contribution >= 0.6 is 0 Å². The molecule has 8 rings (SSSR count). The zero-order valence-corrected chi connectivity index (χ0v) is 26.0. The highest BCUT2D eigenvalue weighted by atomic mass is 15.0. The molecule has 0 unspecified atom stereocenters. The van der Waals surface area contributed by atoms with Crippen molar-refractivity contribution in [1.82, 2.24) is 29.9 Å². The van der Waals surface area contributed by atoms with E-state index in [1.807, 2.05) is 66.7 Å². The third-order valence-electron chi connectivity index (χ3n) is 8.34. The largest absolute Gasteiger partial charge is 0.253 e. The smallest absolute Gasteiger partial charge is 0.182 e. The van der Waals surface area contributed by atoms with Crippen molar-refractivity contribution in [2.75, 3.05) is 0 Å². The minimum atomic E-state index is 0.315. The molecule has 0 saturated heterocycles. The summed E-state index contributed by atoms with van der Waals surface area (Å²) < 4.78 is 0. The fourth-order valence-electron chi connectivity index (χ4n) is 5.83. The van der Waals surface area contributed by atoms with Crippen molar-refractivity contribution < 1.29 is 0 Å². The van der Waals surface area contributed by atoms with E-state index in [1.165, 1.54) is 0 Å². The molecule has 0 atom stereocenters. The Morgan fingerprint density at radius 3 is 1.74 bits per heavy atom. The lowest BCUT2D eigenvalue weighted by molar-refractivity contribution is 0.830. The maximum Gasteiger partial charge on any atom is 0.182 e. The van der Waals surface area contributed by atoms with Crippen LogP contribution in [0.2, 0.25) is 0 Å². The third kappa shape index (κ3) is 5.51. The molecule has 6 heteroatoms. The Morgan fingerprint density at radius 2 is 1.06 bits per heavy atom. The number of benzene rings is 4. The van der Waals surface area contributed by atoms with Crippen LogP contribution in [0.1, 0.15) is 25.5 Å². The van der Waals surface area contributed by atoms with Gasteiger partial charge in [0.25, 0.3) is 0 Å². The Morgan fingerprint density at radius 1 is 0.447 bits per heavy atom. The Hall–Kier alpha value is -6.14. The van der Waals surface area contributed by atoms with E-state index in [9.17, 15) is 0 Å². The lowest BCUT2D eigenvalue weighted by atomic mass is 9.96. The molecule has 0 bridgehead atoms. The van der Waals surface area contributed by atoms with Crippen LogP contribution < -0.4 is 0 Å². The van der Waals surface area contributed by atoms with Gasteiger partial charge in [-0.1, -0.05) is 123 Å². The fourth-order valence-corrected chi connectivity index (χ4v) is 5.83. The summed E-state index contributed by atoms with van der Waals surface area (Å²) in [7, 11) is 0. The molecule has 4 aromatic heterocycles. The number of hydrogen-bond donors (Lipinski definition) is 0. The van der Waals surface area contributed by atoms with Crippen LogP contribution in [0.25, 0.3) is 78.5 Å². The molecule has 47 heavy (non-hydrogen) atoms. The molecular formula is C41H30N6. The van der Waals surface area contributed by atoms with Crippen LogP contribution in [-0.2, 0) is 0 Å². The molecule has 0 radical (unpaired) electrons. The van der Waals surface area contributed by atoms with Crippen molar-refractivity contribution in [1.29, 1.82) is 0 Å². The summed E-state index contributed by atoms with van der Waals surface area (Å²) in [4.78, 5) is 29.4. The molecule has 224 valence electrons. The zero-order chi connectivity index (χ0) is 31.7. The average molecular weight is 607 g/mol. The molecule has 0 spiro atoms. The molecule has 4 heterocycles. The van der Waals surface area contributed by atoms with Gasteiger partial charge in [-0.3, -0.25) is 9.97 Å². The summed E-state index contributed by atoms with van der Waals surface area (Å²) >= 11 is 0. The van der Waals surface area contributed by atoms with Gasteiger partial charge >= 0.3 is 0 Å². The third-order valence-corrected chi connectivity index (χ3v) is 8.34. The van der Waals surface area contributed by atoms with Crippen LogP contribution in [0.15, 0.2) is 140 Å². The van der Waals surface area contributed by atoms with Gasteiger partial charge < -0.3 is 0 Å². The molecule has 0 fully saturated rings. The SMILES string of the molecule is CC(C)c1ccc2ccc3c(-c4ccccc4)cc(-c4ccc(-c5nc(-c6ccccc6)nc(-c6ccccn6)n5)cc4)nc3c2n1. The van der Waals surface area contributed by atoms with Crippen molar-refractivity contribution in [3.8, 4) is 56.7 Å². The topological polar surface area (TPSA) is 77.3 Å². The minimum absolute atomic E-state index is 0.315. The summed E-state index contributed by atoms with van der Waals surface area (Å²) in [5, 5.41) is 2.16. The van der Waals surface area contributed by atoms with Crippen LogP contribution in [0.4, 0.5) is 0 Å². The van der Waals surface area contributed by atoms with E-state index in [-0.39, 0.29) is 0 Å². The molecule has 0 N–H and O–H groups in total. The van der Waals surface area contributed by atoms with Gasteiger partial charge in [-0.15, -0.1) is 0 Å². The van der Waals surface area contributed by atoms with E-state index in [0.717, 1.165) is 61.0 Å². The molecule has 0 amide bonds. The van der Waals surface area contributed by atoms with E-state index < -0.39 is 0 Å². The first kappa shape index (κ1) is 28.3. The zero-order valence-electron chi connectivity index (χ0n) is 26.0. The Bertz CT molecular complexity index is 2300. The van der Waals surface area contributed by atoms with Gasteiger partial charge in [0.15, 0.2) is 17.5 Å². The second-order valence-electron chi connectivity index (χ2n) is 11.8. The van der Waals surface area contributed by atoms with Crippen molar-refractivity contribution in [2.45, 2.75) is 19.8 Å². The highest BCUT2D eigenvalue weighted by Crippen LogP contribution is 2.36. The number of nitrogens with zero attached hydrogens (tertiary/aromatic N) is 6. The molecule has 0 aliphatic rings. The average Bonchev–Trinajstić information content (AvgIpc) is 3.15. The van der Waals surface area contributed by atoms with Crippen molar-refractivity contribution in [3.63, 3.8) is 0 Å². The molecule has 4 aromatic carbocycles. The predicted molar refractivity (Wildman–Crippen MR) is 189 cm³/mol. The molecular weight excluding hydrogens is 576 g/mol. The van der Waals surface area contributed by atoms with E-state index >= 15 is 0 Å². The van der Waals surface area contributed by atoms with Crippen molar-refractivity contribution in [2.24, 2.45) is 0 Å². The first-order chi connectivity index (χ1) is 23.1. The van der Waals surface area contributed by atoms with Crippen LogP contribution in [0.3, 0.4) is 0 Å². The van der Waals surface area contributed by atoms with E-state index in [0.29, 0.717) is 29.1 Å². The highest BCUT2D eigenvalue weighted by Gasteiger charge is 2.16. The van der Waals surface area contributed by atoms with Gasteiger partial charge in [0.1, 0.15) is 5.69 Å². The van der Waals surface area contributed by atoms with Gasteiger partial charge in [-0.2, -0.15) is 0 Å². The lowest BCUT2D eigenvalue weighted by Crippen LogP contribution is -2.01. The number of aromatic nitrogens is 6. The Balaban J connectivity index is 1.27. The number of pyridine rings is 3. The summed E-state index contributed by atoms with van der Waals surface area (Å²) in [6, 6.07) is 45.2. The summed E-state index contributed by atoms with van der Waals surface area (Å²) in [5.41, 5.74) is 9.49. The molecule has 0 aliphatic carbocycles. The van der Waals surface area contributed by atoms with Crippen molar-refractivity contribution >= 4 is 21.8 Å². The molecule has 6 nitrogen and oxygen atoms in total. The minimum Gasteiger partial charge on any atom is -0.253 e. The normalized spacial score (nSPS) is 11.4. The second-order valence-corrected chi connectivity index (χ2v) is 11.8. The highest BCUT2D eigenvalue weighted by molar-refractivity contribution is 6.09. The van der Waals surface area contributed by atoms with E-state index in [1.54, 1.807) is 6.20 Å². The van der Waals surface area contributed by atoms with Gasteiger partial charge in [0.2, 0.25) is 0 Å². The molecule has 8 aromatic rings. The Kier molecular flexibility index (Phi) is 7.23. The van der Waals surface area contributed by atoms with Crippen LogP contribution in [0.5, 0.6) is 0 Å². The molecule has 0 aliphatic heterocycles. The lowest BCUT2D eigenvalue weighted by Gasteiger charge is -2.14. The van der Waals surface area contributed by atoms with E-state index in [2.05, 4.69) is 85.6 Å². The monoisotopic (exact) mass is 606 g/mol. The number of hydrogen-bond acceptors (Lipinski definition) is 6. The summed E-state index contributed by atoms with van der Waals surface area (Å²) in [6.07, 6.45) is 1.75. The van der Waals surface area contributed by atoms with Crippen molar-refractivity contribution in [3.05, 3.63) is 145 Å². The second kappa shape index (κ2) is 12.0. The fraction of sp³-hybridized carbons (Fsp3) is 0.0732. The standard InChI is InChI=1S/C41H30N6/c1-26(2)34-23-21-29-20-22-32-33(27-11-5-3-6-12-27)25-36(44-38(32)37(29)43-34)28-16-18-31(19-17-28)40-45-39(30-13-7-4-8-14-30)46-41(47-40)35-15-9-10-24-42-35/h3-26H,1-2H3. The number of fused-ring (bicyclic) bond motifs is 3. The van der Waals surface area contributed by atoms with Gasteiger partial charge in [0.05, 0.1) is 16.7 Å². The van der Waals surface area contributed by atoms with Gasteiger partial charge in [0, 0.05) is 39.4 Å². The van der Waals surface area contributed by atoms with Crippen LogP contribution in [-0.4, -0.2) is 29.9 Å². The maximum atomic E-state index is 5.26. The number of rotatable bonds is 6. The van der Waals surface area contributed by atoms with Crippen LogP contribution in [0, 0.1) is 0 Å². The first-order valence-electron chi connectivity index (χ1n) is 15.7. The first-order valence-corrected chi connectivity index (χ1v) is 15.7. The van der Waals surface area contributed by atoms with Gasteiger partial charge in [-0.05, 0) is 41.3 Å².